The number of anilines is 2. The summed E-state index contributed by atoms with van der Waals surface area (Å²) in [5, 5.41) is 5.49. The molecule has 0 unspecified atom stereocenters. The van der Waals surface area contributed by atoms with E-state index in [1.165, 1.54) is 13.2 Å². The van der Waals surface area contributed by atoms with Gasteiger partial charge in [-0.1, -0.05) is 23.8 Å². The van der Waals surface area contributed by atoms with E-state index in [9.17, 15) is 14.4 Å². The number of hydrogen-bond donors (Lipinski definition) is 2. The van der Waals surface area contributed by atoms with Crippen LogP contribution in [0.3, 0.4) is 0 Å². The fraction of sp³-hybridized carbons (Fsp3) is 0.286. The molecule has 2 aromatic carbocycles. The lowest BCUT2D eigenvalue weighted by Gasteiger charge is -2.23. The van der Waals surface area contributed by atoms with Gasteiger partial charge in [-0.15, -0.1) is 0 Å². The second kappa shape index (κ2) is 8.03. The summed E-state index contributed by atoms with van der Waals surface area (Å²) >= 11 is 0. The molecule has 0 spiro atoms. The van der Waals surface area contributed by atoms with E-state index < -0.39 is 23.2 Å². The van der Waals surface area contributed by atoms with Gasteiger partial charge in [0.15, 0.2) is 0 Å². The molecule has 0 aliphatic carbocycles. The largest absolute Gasteiger partial charge is 0.465 e. The van der Waals surface area contributed by atoms with E-state index >= 15 is 0 Å². The summed E-state index contributed by atoms with van der Waals surface area (Å²) < 4.78 is 4.67. The molecule has 2 N–H and O–H groups in total. The van der Waals surface area contributed by atoms with Gasteiger partial charge < -0.3 is 15.4 Å². The van der Waals surface area contributed by atoms with Crippen LogP contribution in [0, 0.1) is 19.3 Å². The molecule has 2 aromatic rings. The SMILES string of the molecule is COC(=O)c1cccc(NC(=O)C(C)(C)C(=O)Nc2ccc(C)cc2C)c1. The first-order chi connectivity index (χ1) is 12.6. The average Bonchev–Trinajstić information content (AvgIpc) is 2.63. The summed E-state index contributed by atoms with van der Waals surface area (Å²) in [6, 6.07) is 12.0. The molecule has 27 heavy (non-hydrogen) atoms. The molecule has 0 aromatic heterocycles. The van der Waals surface area contributed by atoms with Crippen LogP contribution in [0.4, 0.5) is 11.4 Å². The summed E-state index contributed by atoms with van der Waals surface area (Å²) in [7, 11) is 1.29. The zero-order valence-electron chi connectivity index (χ0n) is 16.2. The highest BCUT2D eigenvalue weighted by molar-refractivity contribution is 6.14. The number of ether oxygens (including phenoxy) is 1. The zero-order valence-corrected chi connectivity index (χ0v) is 16.2. The van der Waals surface area contributed by atoms with Gasteiger partial charge in [0.2, 0.25) is 11.8 Å². The Kier molecular flexibility index (Phi) is 6.00. The summed E-state index contributed by atoms with van der Waals surface area (Å²) in [4.78, 5) is 37.0. The first kappa shape index (κ1) is 20.2. The number of hydrogen-bond acceptors (Lipinski definition) is 4. The minimum absolute atomic E-state index is 0.313. The minimum atomic E-state index is -1.32. The predicted octanol–water partition coefficient (Wildman–Crippen LogP) is 3.69. The maximum absolute atomic E-state index is 12.7. The summed E-state index contributed by atoms with van der Waals surface area (Å²) in [6.45, 7) is 6.96. The number of methoxy groups -OCH3 is 1. The van der Waals surface area contributed by atoms with Crippen molar-refractivity contribution in [1.82, 2.24) is 0 Å². The van der Waals surface area contributed by atoms with E-state index in [1.807, 2.05) is 32.0 Å². The standard InChI is InChI=1S/C21H24N2O4/c1-13-9-10-17(14(2)11-13)23-20(26)21(3,4)19(25)22-16-8-6-7-15(12-16)18(24)27-5/h6-12H,1-5H3,(H,22,25)(H,23,26). The number of carbonyl (C=O) groups is 3. The van der Waals surface area contributed by atoms with Gasteiger partial charge in [0.1, 0.15) is 5.41 Å². The number of amides is 2. The van der Waals surface area contributed by atoms with Crippen molar-refractivity contribution in [3.05, 3.63) is 59.2 Å². The van der Waals surface area contributed by atoms with Crippen molar-refractivity contribution in [3.8, 4) is 0 Å². The van der Waals surface area contributed by atoms with E-state index in [0.29, 0.717) is 16.9 Å². The normalized spacial score (nSPS) is 10.9. The van der Waals surface area contributed by atoms with Crippen LogP contribution in [0.25, 0.3) is 0 Å². The first-order valence-electron chi connectivity index (χ1n) is 8.53. The van der Waals surface area contributed by atoms with Gasteiger partial charge in [-0.05, 0) is 57.5 Å². The van der Waals surface area contributed by atoms with Crippen LogP contribution in [0.5, 0.6) is 0 Å². The molecule has 0 aliphatic rings. The molecule has 0 bridgehead atoms. The van der Waals surface area contributed by atoms with Crippen LogP contribution >= 0.6 is 0 Å². The highest BCUT2D eigenvalue weighted by Crippen LogP contribution is 2.24. The van der Waals surface area contributed by atoms with Crippen molar-refractivity contribution in [2.24, 2.45) is 5.41 Å². The predicted molar refractivity (Wildman–Crippen MR) is 105 cm³/mol. The number of carbonyl (C=O) groups excluding carboxylic acids is 3. The van der Waals surface area contributed by atoms with E-state index in [-0.39, 0.29) is 0 Å². The Morgan fingerprint density at radius 3 is 2.22 bits per heavy atom. The van der Waals surface area contributed by atoms with Gasteiger partial charge >= 0.3 is 5.97 Å². The summed E-state index contributed by atoms with van der Waals surface area (Å²) in [5.74, 6) is -1.40. The van der Waals surface area contributed by atoms with E-state index in [4.69, 9.17) is 0 Å². The van der Waals surface area contributed by atoms with E-state index in [2.05, 4.69) is 15.4 Å². The first-order valence-corrected chi connectivity index (χ1v) is 8.53. The smallest absolute Gasteiger partial charge is 0.337 e. The molecule has 2 rings (SSSR count). The molecule has 0 saturated heterocycles. The maximum Gasteiger partial charge on any atom is 0.337 e. The average molecular weight is 368 g/mol. The molecule has 0 fully saturated rings. The van der Waals surface area contributed by atoms with Gasteiger partial charge in [-0.25, -0.2) is 4.79 Å². The Morgan fingerprint density at radius 2 is 1.59 bits per heavy atom. The van der Waals surface area contributed by atoms with Crippen molar-refractivity contribution in [2.45, 2.75) is 27.7 Å². The van der Waals surface area contributed by atoms with Crippen LogP contribution in [0.15, 0.2) is 42.5 Å². The minimum Gasteiger partial charge on any atom is -0.465 e. The van der Waals surface area contributed by atoms with Gasteiger partial charge in [-0.3, -0.25) is 9.59 Å². The third kappa shape index (κ3) is 4.73. The lowest BCUT2D eigenvalue weighted by atomic mass is 9.90. The van der Waals surface area contributed by atoms with Crippen LogP contribution in [0.1, 0.15) is 35.3 Å². The number of esters is 1. The number of aryl methyl sites for hydroxylation is 2. The fourth-order valence-electron chi connectivity index (χ4n) is 2.46. The second-order valence-corrected chi connectivity index (χ2v) is 6.92. The Hall–Kier alpha value is -3.15. The fourth-order valence-corrected chi connectivity index (χ4v) is 2.46. The lowest BCUT2D eigenvalue weighted by molar-refractivity contribution is -0.135. The van der Waals surface area contributed by atoms with Crippen molar-refractivity contribution in [2.75, 3.05) is 17.7 Å². The molecule has 0 heterocycles. The highest BCUT2D eigenvalue weighted by atomic mass is 16.5. The Balaban J connectivity index is 2.14. The van der Waals surface area contributed by atoms with Crippen LogP contribution in [0.2, 0.25) is 0 Å². The molecule has 6 heteroatoms. The van der Waals surface area contributed by atoms with E-state index in [0.717, 1.165) is 11.1 Å². The molecule has 0 saturated carbocycles. The van der Waals surface area contributed by atoms with Crippen molar-refractivity contribution < 1.29 is 19.1 Å². The molecule has 0 radical (unpaired) electrons. The Morgan fingerprint density at radius 1 is 0.926 bits per heavy atom. The topological polar surface area (TPSA) is 84.5 Å². The molecule has 2 amide bonds. The number of nitrogens with one attached hydrogen (secondary N) is 2. The van der Waals surface area contributed by atoms with Crippen LogP contribution in [-0.2, 0) is 14.3 Å². The second-order valence-electron chi connectivity index (χ2n) is 6.92. The maximum atomic E-state index is 12.7. The summed E-state index contributed by atoms with van der Waals surface area (Å²) in [6.07, 6.45) is 0. The number of rotatable bonds is 5. The molecule has 142 valence electrons. The molecule has 6 nitrogen and oxygen atoms in total. The third-order valence-corrected chi connectivity index (χ3v) is 4.31. The monoisotopic (exact) mass is 368 g/mol. The number of benzene rings is 2. The lowest BCUT2D eigenvalue weighted by Crippen LogP contribution is -2.41. The molecule has 0 aliphatic heterocycles. The van der Waals surface area contributed by atoms with Crippen molar-refractivity contribution in [3.63, 3.8) is 0 Å². The molecular weight excluding hydrogens is 344 g/mol. The van der Waals surface area contributed by atoms with Crippen LogP contribution < -0.4 is 10.6 Å². The van der Waals surface area contributed by atoms with Crippen molar-refractivity contribution >= 4 is 29.2 Å². The highest BCUT2D eigenvalue weighted by Gasteiger charge is 2.36. The molecular formula is C21H24N2O4. The van der Waals surface area contributed by atoms with Crippen molar-refractivity contribution in [1.29, 1.82) is 0 Å². The Labute approximate surface area is 158 Å². The van der Waals surface area contributed by atoms with Gasteiger partial charge in [0, 0.05) is 11.4 Å². The van der Waals surface area contributed by atoms with Gasteiger partial charge in [0.25, 0.3) is 0 Å². The summed E-state index contributed by atoms with van der Waals surface area (Å²) in [5.41, 5.74) is 2.08. The van der Waals surface area contributed by atoms with Gasteiger partial charge in [-0.2, -0.15) is 0 Å². The van der Waals surface area contributed by atoms with E-state index in [1.54, 1.807) is 32.0 Å². The molecule has 0 atom stereocenters. The zero-order chi connectivity index (χ0) is 20.2. The van der Waals surface area contributed by atoms with Gasteiger partial charge in [0.05, 0.1) is 12.7 Å². The quantitative estimate of drug-likeness (QED) is 0.623. The Bertz CT molecular complexity index is 888. The third-order valence-electron chi connectivity index (χ3n) is 4.31. The van der Waals surface area contributed by atoms with Crippen LogP contribution in [-0.4, -0.2) is 24.9 Å².